The van der Waals surface area contributed by atoms with Crippen LogP contribution in [0.2, 0.25) is 0 Å². The molecule has 0 amide bonds. The van der Waals surface area contributed by atoms with Gasteiger partial charge in [-0.05, 0) is 36.4 Å². The van der Waals surface area contributed by atoms with Crippen LogP contribution in [-0.4, -0.2) is 5.11 Å². The van der Waals surface area contributed by atoms with Crippen molar-refractivity contribution >= 4 is 0 Å². The van der Waals surface area contributed by atoms with Crippen molar-refractivity contribution in [2.24, 2.45) is 0 Å². The first-order valence-corrected chi connectivity index (χ1v) is 5.20. The first-order valence-electron chi connectivity index (χ1n) is 5.20. The second-order valence-electron chi connectivity index (χ2n) is 3.71. The third-order valence-electron chi connectivity index (χ3n) is 2.33. The molecule has 0 heterocycles. The molecule has 1 N–H and O–H groups in total. The molecular weight excluding hydrogens is 264 g/mol. The van der Waals surface area contributed by atoms with Crippen molar-refractivity contribution in [3.8, 4) is 17.2 Å². The molecule has 6 heteroatoms. The van der Waals surface area contributed by atoms with Gasteiger partial charge in [-0.15, -0.1) is 0 Å². The molecule has 2 rings (SSSR count). The van der Waals surface area contributed by atoms with Gasteiger partial charge in [0, 0.05) is 0 Å². The number of para-hydroxylation sites is 1. The third-order valence-corrected chi connectivity index (χ3v) is 2.33. The second-order valence-corrected chi connectivity index (χ2v) is 3.71. The molecule has 0 unspecified atom stereocenters. The van der Waals surface area contributed by atoms with Gasteiger partial charge in [-0.25, -0.2) is 4.39 Å². The molecule has 0 aliphatic heterocycles. The minimum atomic E-state index is -4.66. The van der Waals surface area contributed by atoms with E-state index in [9.17, 15) is 22.7 Å². The summed E-state index contributed by atoms with van der Waals surface area (Å²) in [6.45, 7) is 0. The average molecular weight is 272 g/mol. The number of aromatic hydroxyl groups is 1. The van der Waals surface area contributed by atoms with Crippen LogP contribution in [0.25, 0.3) is 0 Å². The number of halogens is 4. The van der Waals surface area contributed by atoms with Crippen LogP contribution in [0.4, 0.5) is 17.6 Å². The summed E-state index contributed by atoms with van der Waals surface area (Å²) >= 11 is 0. The van der Waals surface area contributed by atoms with Gasteiger partial charge in [0.1, 0.15) is 17.1 Å². The molecule has 100 valence electrons. The summed E-state index contributed by atoms with van der Waals surface area (Å²) in [5.74, 6) is -1.89. The first kappa shape index (κ1) is 13.2. The number of rotatable bonds is 2. The van der Waals surface area contributed by atoms with Crippen molar-refractivity contribution in [1.82, 2.24) is 0 Å². The van der Waals surface area contributed by atoms with Crippen molar-refractivity contribution in [3.63, 3.8) is 0 Å². The SMILES string of the molecule is Oc1cccc(C(F)(F)F)c1Oc1ccc(F)cc1. The largest absolute Gasteiger partial charge is 0.504 e. The Labute approximate surface area is 105 Å². The normalized spacial score (nSPS) is 11.4. The first-order chi connectivity index (χ1) is 8.88. The van der Waals surface area contributed by atoms with E-state index in [0.717, 1.165) is 30.3 Å². The molecule has 0 saturated heterocycles. The molecule has 0 spiro atoms. The molecule has 0 fully saturated rings. The lowest BCUT2D eigenvalue weighted by Gasteiger charge is -2.14. The number of hydrogen-bond acceptors (Lipinski definition) is 2. The summed E-state index contributed by atoms with van der Waals surface area (Å²) in [6.07, 6.45) is -4.66. The molecular formula is C13H8F4O2. The molecule has 0 aromatic heterocycles. The highest BCUT2D eigenvalue weighted by molar-refractivity contribution is 5.49. The van der Waals surface area contributed by atoms with Gasteiger partial charge in [-0.1, -0.05) is 6.07 Å². The highest BCUT2D eigenvalue weighted by Gasteiger charge is 2.35. The molecule has 2 aromatic carbocycles. The van der Waals surface area contributed by atoms with Gasteiger partial charge >= 0.3 is 6.18 Å². The maximum Gasteiger partial charge on any atom is 0.420 e. The van der Waals surface area contributed by atoms with E-state index < -0.39 is 29.1 Å². The van der Waals surface area contributed by atoms with Crippen LogP contribution >= 0.6 is 0 Å². The quantitative estimate of drug-likeness (QED) is 0.824. The fourth-order valence-electron chi connectivity index (χ4n) is 1.48. The number of hydrogen-bond donors (Lipinski definition) is 1. The van der Waals surface area contributed by atoms with E-state index in [1.165, 1.54) is 12.1 Å². The minimum Gasteiger partial charge on any atom is -0.504 e. The van der Waals surface area contributed by atoms with Gasteiger partial charge < -0.3 is 9.84 Å². The van der Waals surface area contributed by atoms with E-state index in [4.69, 9.17) is 4.74 Å². The second kappa shape index (κ2) is 4.79. The summed E-state index contributed by atoms with van der Waals surface area (Å²) in [7, 11) is 0. The van der Waals surface area contributed by atoms with Crippen LogP contribution in [0.5, 0.6) is 17.2 Å². The summed E-state index contributed by atoms with van der Waals surface area (Å²) in [4.78, 5) is 0. The van der Waals surface area contributed by atoms with Gasteiger partial charge in [0.2, 0.25) is 0 Å². The van der Waals surface area contributed by atoms with E-state index in [0.29, 0.717) is 0 Å². The van der Waals surface area contributed by atoms with E-state index in [1.54, 1.807) is 0 Å². The number of ether oxygens (including phenoxy) is 1. The third kappa shape index (κ3) is 2.96. The Morgan fingerprint density at radius 1 is 0.947 bits per heavy atom. The Hall–Kier alpha value is -2.24. The summed E-state index contributed by atoms with van der Waals surface area (Å²) in [6, 6.07) is 7.36. The number of benzene rings is 2. The zero-order chi connectivity index (χ0) is 14.0. The van der Waals surface area contributed by atoms with Crippen LogP contribution in [0.3, 0.4) is 0 Å². The lowest BCUT2D eigenvalue weighted by atomic mass is 10.2. The molecule has 0 bridgehead atoms. The Balaban J connectivity index is 2.42. The molecule has 0 aliphatic carbocycles. The summed E-state index contributed by atoms with van der Waals surface area (Å²) in [5.41, 5.74) is -1.10. The zero-order valence-electron chi connectivity index (χ0n) is 9.41. The van der Waals surface area contributed by atoms with E-state index in [1.807, 2.05) is 0 Å². The van der Waals surface area contributed by atoms with Crippen molar-refractivity contribution < 1.29 is 27.4 Å². The van der Waals surface area contributed by atoms with Crippen molar-refractivity contribution in [2.45, 2.75) is 6.18 Å². The highest BCUT2D eigenvalue weighted by atomic mass is 19.4. The van der Waals surface area contributed by atoms with Crippen molar-refractivity contribution in [1.29, 1.82) is 0 Å². The highest BCUT2D eigenvalue weighted by Crippen LogP contribution is 2.42. The van der Waals surface area contributed by atoms with Crippen LogP contribution in [-0.2, 0) is 6.18 Å². The molecule has 0 radical (unpaired) electrons. The average Bonchev–Trinajstić information content (AvgIpc) is 2.33. The zero-order valence-corrected chi connectivity index (χ0v) is 9.41. The smallest absolute Gasteiger partial charge is 0.420 e. The predicted molar refractivity (Wildman–Crippen MR) is 59.6 cm³/mol. The fraction of sp³-hybridized carbons (Fsp3) is 0.0769. The number of phenolic OH excluding ortho intramolecular Hbond substituents is 1. The van der Waals surface area contributed by atoms with Crippen LogP contribution in [0, 0.1) is 5.82 Å². The van der Waals surface area contributed by atoms with Crippen LogP contribution < -0.4 is 4.74 Å². The van der Waals surface area contributed by atoms with Crippen molar-refractivity contribution in [2.75, 3.05) is 0 Å². The monoisotopic (exact) mass is 272 g/mol. The van der Waals surface area contributed by atoms with Gasteiger partial charge in [-0.2, -0.15) is 13.2 Å². The fourth-order valence-corrected chi connectivity index (χ4v) is 1.48. The summed E-state index contributed by atoms with van der Waals surface area (Å²) in [5, 5.41) is 9.47. The molecule has 0 atom stereocenters. The molecule has 2 nitrogen and oxygen atoms in total. The van der Waals surface area contributed by atoms with E-state index >= 15 is 0 Å². The summed E-state index contributed by atoms with van der Waals surface area (Å²) < 4.78 is 55.9. The van der Waals surface area contributed by atoms with Crippen LogP contribution in [0.15, 0.2) is 42.5 Å². The Bertz CT molecular complexity index is 576. The van der Waals surface area contributed by atoms with Gasteiger partial charge in [0.25, 0.3) is 0 Å². The number of phenols is 1. The van der Waals surface area contributed by atoms with E-state index in [2.05, 4.69) is 0 Å². The van der Waals surface area contributed by atoms with Crippen molar-refractivity contribution in [3.05, 3.63) is 53.8 Å². The lowest BCUT2D eigenvalue weighted by molar-refractivity contribution is -0.138. The van der Waals surface area contributed by atoms with E-state index in [-0.39, 0.29) is 5.75 Å². The maximum absolute atomic E-state index is 12.7. The Morgan fingerprint density at radius 3 is 2.16 bits per heavy atom. The maximum atomic E-state index is 12.7. The number of alkyl halides is 3. The van der Waals surface area contributed by atoms with Gasteiger partial charge in [0.05, 0.1) is 0 Å². The Kier molecular flexibility index (Phi) is 3.33. The predicted octanol–water partition coefficient (Wildman–Crippen LogP) is 4.34. The lowest BCUT2D eigenvalue weighted by Crippen LogP contribution is -2.07. The minimum absolute atomic E-state index is 0.00611. The molecule has 19 heavy (non-hydrogen) atoms. The molecule has 0 saturated carbocycles. The molecule has 0 aliphatic rings. The van der Waals surface area contributed by atoms with Gasteiger partial charge in [0.15, 0.2) is 11.5 Å². The Morgan fingerprint density at radius 2 is 1.58 bits per heavy atom. The molecule has 2 aromatic rings. The van der Waals surface area contributed by atoms with Gasteiger partial charge in [-0.3, -0.25) is 0 Å². The van der Waals surface area contributed by atoms with Crippen LogP contribution in [0.1, 0.15) is 5.56 Å². The standard InChI is InChI=1S/C13H8F4O2/c14-8-4-6-9(7-5-8)19-12-10(13(15,16)17)2-1-3-11(12)18/h1-7,18H. The topological polar surface area (TPSA) is 29.5 Å².